The minimum absolute atomic E-state index is 0. The Kier molecular flexibility index (Phi) is 4.83. The molecule has 5 N–H and O–H groups in total. The molecule has 0 fully saturated rings. The number of benzene rings is 1. The SMILES string of the molecule is C#CC(N)(Cc1ccc(O)c(O)c1)C(=O)O.Cl. The first-order valence-electron chi connectivity index (χ1n) is 4.40. The number of hydrogen-bond acceptors (Lipinski definition) is 4. The summed E-state index contributed by atoms with van der Waals surface area (Å²) in [4.78, 5) is 10.8. The molecule has 5 nitrogen and oxygen atoms in total. The largest absolute Gasteiger partial charge is 0.504 e. The van der Waals surface area contributed by atoms with Crippen LogP contribution in [0.4, 0.5) is 0 Å². The van der Waals surface area contributed by atoms with E-state index in [4.69, 9.17) is 22.4 Å². The molecule has 1 atom stereocenters. The van der Waals surface area contributed by atoms with E-state index in [0.717, 1.165) is 0 Å². The molecule has 0 spiro atoms. The molecule has 0 heterocycles. The van der Waals surface area contributed by atoms with Crippen LogP contribution in [0.1, 0.15) is 5.56 Å². The second-order valence-electron chi connectivity index (χ2n) is 3.42. The van der Waals surface area contributed by atoms with Gasteiger partial charge in [-0.15, -0.1) is 18.8 Å². The first-order valence-corrected chi connectivity index (χ1v) is 4.40. The Morgan fingerprint density at radius 3 is 2.41 bits per heavy atom. The van der Waals surface area contributed by atoms with E-state index in [0.29, 0.717) is 5.56 Å². The van der Waals surface area contributed by atoms with Crippen molar-refractivity contribution in [3.05, 3.63) is 23.8 Å². The van der Waals surface area contributed by atoms with Crippen molar-refractivity contribution in [2.75, 3.05) is 0 Å². The monoisotopic (exact) mass is 257 g/mol. The van der Waals surface area contributed by atoms with Gasteiger partial charge in [0.25, 0.3) is 0 Å². The summed E-state index contributed by atoms with van der Waals surface area (Å²) in [6.07, 6.45) is 4.92. The van der Waals surface area contributed by atoms with Gasteiger partial charge >= 0.3 is 5.97 Å². The Balaban J connectivity index is 0.00000256. The molecule has 1 aromatic rings. The number of terminal acetylenes is 1. The molecule has 0 bridgehead atoms. The zero-order chi connectivity index (χ0) is 12.3. The van der Waals surface area contributed by atoms with Gasteiger partial charge in [0.05, 0.1) is 0 Å². The Morgan fingerprint density at radius 1 is 1.41 bits per heavy atom. The lowest BCUT2D eigenvalue weighted by molar-refractivity contribution is -0.141. The van der Waals surface area contributed by atoms with E-state index in [1.54, 1.807) is 0 Å². The van der Waals surface area contributed by atoms with E-state index in [1.165, 1.54) is 18.2 Å². The maximum Gasteiger partial charge on any atom is 0.336 e. The second kappa shape index (κ2) is 5.43. The van der Waals surface area contributed by atoms with Crippen LogP contribution in [0, 0.1) is 12.3 Å². The molecular weight excluding hydrogens is 246 g/mol. The van der Waals surface area contributed by atoms with Gasteiger partial charge in [-0.05, 0) is 17.7 Å². The maximum atomic E-state index is 10.8. The van der Waals surface area contributed by atoms with Crippen molar-refractivity contribution in [3.8, 4) is 23.8 Å². The number of nitrogens with two attached hydrogens (primary N) is 1. The maximum absolute atomic E-state index is 10.8. The molecule has 0 aliphatic heterocycles. The molecule has 0 aliphatic rings. The third kappa shape index (κ3) is 3.28. The normalized spacial score (nSPS) is 12.9. The highest BCUT2D eigenvalue weighted by Crippen LogP contribution is 2.26. The lowest BCUT2D eigenvalue weighted by atomic mass is 9.93. The van der Waals surface area contributed by atoms with Crippen LogP contribution in [0.5, 0.6) is 11.5 Å². The topological polar surface area (TPSA) is 104 Å². The smallest absolute Gasteiger partial charge is 0.336 e. The average Bonchev–Trinajstić information content (AvgIpc) is 2.23. The molecule has 17 heavy (non-hydrogen) atoms. The number of rotatable bonds is 3. The van der Waals surface area contributed by atoms with Gasteiger partial charge in [0.2, 0.25) is 0 Å². The molecule has 0 aliphatic carbocycles. The summed E-state index contributed by atoms with van der Waals surface area (Å²) in [6, 6.07) is 3.90. The first-order chi connectivity index (χ1) is 7.39. The average molecular weight is 258 g/mol. The highest BCUT2D eigenvalue weighted by Gasteiger charge is 2.31. The van der Waals surface area contributed by atoms with Gasteiger partial charge in [0, 0.05) is 6.42 Å². The first kappa shape index (κ1) is 15.1. The number of halogens is 1. The van der Waals surface area contributed by atoms with Gasteiger partial charge in [0.15, 0.2) is 17.0 Å². The Labute approximate surface area is 104 Å². The second-order valence-corrected chi connectivity index (χ2v) is 3.42. The number of carbonyl (C=O) groups is 1. The third-order valence-electron chi connectivity index (χ3n) is 2.16. The fraction of sp³-hybridized carbons (Fsp3) is 0.182. The van der Waals surface area contributed by atoms with Crippen LogP contribution in [0.3, 0.4) is 0 Å². The van der Waals surface area contributed by atoms with Crippen LogP contribution in [0.2, 0.25) is 0 Å². The van der Waals surface area contributed by atoms with Gasteiger partial charge in [0.1, 0.15) is 0 Å². The van der Waals surface area contributed by atoms with Gasteiger partial charge in [-0.1, -0.05) is 12.0 Å². The van der Waals surface area contributed by atoms with Crippen LogP contribution in [-0.2, 0) is 11.2 Å². The van der Waals surface area contributed by atoms with E-state index >= 15 is 0 Å². The highest BCUT2D eigenvalue weighted by molar-refractivity contribution is 5.85. The van der Waals surface area contributed by atoms with E-state index < -0.39 is 11.5 Å². The van der Waals surface area contributed by atoms with Crippen LogP contribution >= 0.6 is 12.4 Å². The highest BCUT2D eigenvalue weighted by atomic mass is 35.5. The molecule has 92 valence electrons. The molecule has 1 rings (SSSR count). The van der Waals surface area contributed by atoms with Crippen molar-refractivity contribution in [3.63, 3.8) is 0 Å². The van der Waals surface area contributed by atoms with Crippen molar-refractivity contribution in [1.29, 1.82) is 0 Å². The minimum atomic E-state index is -1.82. The Morgan fingerprint density at radius 2 is 2.00 bits per heavy atom. The molecule has 0 amide bonds. The lowest BCUT2D eigenvalue weighted by Crippen LogP contribution is -2.48. The summed E-state index contributed by atoms with van der Waals surface area (Å²) in [5.41, 5.74) is 4.09. The molecular formula is C11H12ClNO4. The van der Waals surface area contributed by atoms with E-state index in [9.17, 15) is 9.90 Å². The van der Waals surface area contributed by atoms with Gasteiger partial charge in [-0.3, -0.25) is 0 Å². The van der Waals surface area contributed by atoms with Gasteiger partial charge < -0.3 is 21.1 Å². The number of aromatic hydroxyl groups is 2. The lowest BCUT2D eigenvalue weighted by Gasteiger charge is -2.18. The summed E-state index contributed by atoms with van der Waals surface area (Å²) in [6.45, 7) is 0. The summed E-state index contributed by atoms with van der Waals surface area (Å²) < 4.78 is 0. The number of hydrogen-bond donors (Lipinski definition) is 4. The van der Waals surface area contributed by atoms with E-state index in [2.05, 4.69) is 0 Å². The van der Waals surface area contributed by atoms with Crippen LogP contribution in [0.15, 0.2) is 18.2 Å². The van der Waals surface area contributed by atoms with Crippen LogP contribution in [0.25, 0.3) is 0 Å². The number of carboxylic acids is 1. The number of aliphatic carboxylic acids is 1. The summed E-state index contributed by atoms with van der Waals surface area (Å²) in [5.74, 6) is 0.0429. The molecule has 1 unspecified atom stereocenters. The van der Waals surface area contributed by atoms with Gasteiger partial charge in [-0.25, -0.2) is 4.79 Å². The Hall–Kier alpha value is -1.90. The van der Waals surface area contributed by atoms with E-state index in [-0.39, 0.29) is 30.3 Å². The zero-order valence-corrected chi connectivity index (χ0v) is 9.57. The van der Waals surface area contributed by atoms with Crippen molar-refractivity contribution < 1.29 is 20.1 Å². The number of phenols is 2. The molecule has 0 saturated heterocycles. The van der Waals surface area contributed by atoms with Crippen molar-refractivity contribution in [2.45, 2.75) is 12.0 Å². The molecule has 0 saturated carbocycles. The summed E-state index contributed by atoms with van der Waals surface area (Å²) in [5, 5.41) is 27.1. The fourth-order valence-corrected chi connectivity index (χ4v) is 1.19. The number of phenolic OH excluding ortho intramolecular Hbond substituents is 2. The molecule has 0 radical (unpaired) electrons. The summed E-state index contributed by atoms with van der Waals surface area (Å²) >= 11 is 0. The molecule has 6 heteroatoms. The molecule has 0 aromatic heterocycles. The van der Waals surface area contributed by atoms with Gasteiger partial charge in [-0.2, -0.15) is 0 Å². The van der Waals surface area contributed by atoms with Crippen LogP contribution in [-0.4, -0.2) is 26.8 Å². The molecule has 1 aromatic carbocycles. The zero-order valence-electron chi connectivity index (χ0n) is 8.75. The minimum Gasteiger partial charge on any atom is -0.504 e. The predicted molar refractivity (Wildman–Crippen MR) is 64.1 cm³/mol. The van der Waals surface area contributed by atoms with Crippen molar-refractivity contribution in [2.24, 2.45) is 5.73 Å². The Bertz CT molecular complexity index is 469. The quantitative estimate of drug-likeness (QED) is 0.466. The fourth-order valence-electron chi connectivity index (χ4n) is 1.19. The number of carboxylic acid groups (broad SMARTS) is 1. The predicted octanol–water partition coefficient (Wildman–Crippen LogP) is 0.477. The van der Waals surface area contributed by atoms with Crippen LogP contribution < -0.4 is 5.73 Å². The third-order valence-corrected chi connectivity index (χ3v) is 2.16. The van der Waals surface area contributed by atoms with E-state index in [1.807, 2.05) is 5.92 Å². The standard InChI is InChI=1S/C11H11NO4.ClH/c1-2-11(12,10(15)16)6-7-3-4-8(13)9(14)5-7;/h1,3-5,13-14H,6,12H2,(H,15,16);1H. The summed E-state index contributed by atoms with van der Waals surface area (Å²) in [7, 11) is 0. The van der Waals surface area contributed by atoms with Crippen molar-refractivity contribution >= 4 is 18.4 Å². The van der Waals surface area contributed by atoms with Crippen molar-refractivity contribution in [1.82, 2.24) is 0 Å².